The van der Waals surface area contributed by atoms with Crippen molar-refractivity contribution in [1.29, 1.82) is 0 Å². The van der Waals surface area contributed by atoms with Crippen molar-refractivity contribution in [2.45, 2.75) is 38.3 Å². The van der Waals surface area contributed by atoms with Crippen LogP contribution in [-0.4, -0.2) is 42.8 Å². The second kappa shape index (κ2) is 7.47. The van der Waals surface area contributed by atoms with E-state index in [0.717, 1.165) is 42.8 Å². The summed E-state index contributed by atoms with van der Waals surface area (Å²) in [5.74, 6) is 2.61. The normalized spacial score (nSPS) is 22.1. The Bertz CT molecular complexity index is 891. The van der Waals surface area contributed by atoms with Crippen LogP contribution < -0.4 is 14.4 Å². The van der Waals surface area contributed by atoms with Gasteiger partial charge in [-0.25, -0.2) is 0 Å². The minimum atomic E-state index is -1.14. The Kier molecular flexibility index (Phi) is 5.02. The van der Waals surface area contributed by atoms with Crippen LogP contribution in [-0.2, 0) is 5.72 Å². The molecule has 0 saturated carbocycles. The summed E-state index contributed by atoms with van der Waals surface area (Å²) in [4.78, 5) is 2.08. The van der Waals surface area contributed by atoms with Gasteiger partial charge < -0.3 is 14.6 Å². The SMILES string of the molecule is COc1ccc(N2C3=[N+](CCCCC3)CC2(O)c2ccc(C)cc2)c(OC)c1. The number of rotatable bonds is 4. The molecule has 5 heteroatoms. The fourth-order valence-electron chi connectivity index (χ4n) is 4.37. The smallest absolute Gasteiger partial charge is 0.275 e. The number of hydrogen-bond donors (Lipinski definition) is 1. The molecule has 2 aromatic rings. The van der Waals surface area contributed by atoms with E-state index in [0.29, 0.717) is 12.3 Å². The zero-order chi connectivity index (χ0) is 19.7. The highest BCUT2D eigenvalue weighted by Crippen LogP contribution is 2.43. The van der Waals surface area contributed by atoms with Gasteiger partial charge in [-0.2, -0.15) is 4.90 Å². The van der Waals surface area contributed by atoms with Crippen LogP contribution in [0.4, 0.5) is 5.69 Å². The van der Waals surface area contributed by atoms with Crippen molar-refractivity contribution in [2.75, 3.05) is 32.2 Å². The number of anilines is 1. The molecule has 1 N–H and O–H groups in total. The quantitative estimate of drug-likeness (QED) is 0.821. The Morgan fingerprint density at radius 2 is 1.79 bits per heavy atom. The predicted octanol–water partition coefficient (Wildman–Crippen LogP) is 3.66. The van der Waals surface area contributed by atoms with Gasteiger partial charge in [0.2, 0.25) is 0 Å². The van der Waals surface area contributed by atoms with E-state index in [1.54, 1.807) is 14.2 Å². The molecule has 0 saturated heterocycles. The number of hydrogen-bond acceptors (Lipinski definition) is 4. The summed E-state index contributed by atoms with van der Waals surface area (Å²) in [5, 5.41) is 12.0. The zero-order valence-electron chi connectivity index (χ0n) is 16.9. The van der Waals surface area contributed by atoms with E-state index >= 15 is 0 Å². The molecular weight excluding hydrogens is 352 g/mol. The molecule has 2 aliphatic rings. The number of ether oxygens (including phenoxy) is 2. The topological polar surface area (TPSA) is 44.9 Å². The summed E-state index contributed by atoms with van der Waals surface area (Å²) in [6.07, 6.45) is 4.45. The molecule has 2 heterocycles. The fraction of sp³-hybridized carbons (Fsp3) is 0.435. The average molecular weight is 381 g/mol. The van der Waals surface area contributed by atoms with Gasteiger partial charge in [0, 0.05) is 18.1 Å². The van der Waals surface area contributed by atoms with Crippen molar-refractivity contribution < 1.29 is 19.2 Å². The molecule has 0 aliphatic carbocycles. The predicted molar refractivity (Wildman–Crippen MR) is 111 cm³/mol. The molecule has 0 radical (unpaired) electrons. The van der Waals surface area contributed by atoms with E-state index in [9.17, 15) is 5.11 Å². The monoisotopic (exact) mass is 381 g/mol. The molecular formula is C23H29N2O3+. The minimum Gasteiger partial charge on any atom is -0.497 e. The lowest BCUT2D eigenvalue weighted by Gasteiger charge is -2.30. The Morgan fingerprint density at radius 3 is 2.50 bits per heavy atom. The largest absolute Gasteiger partial charge is 0.497 e. The van der Waals surface area contributed by atoms with E-state index < -0.39 is 5.72 Å². The van der Waals surface area contributed by atoms with Crippen molar-refractivity contribution >= 4 is 11.5 Å². The molecule has 5 nitrogen and oxygen atoms in total. The average Bonchev–Trinajstić information content (AvgIpc) is 2.84. The summed E-state index contributed by atoms with van der Waals surface area (Å²) in [6, 6.07) is 14.0. The van der Waals surface area contributed by atoms with Crippen LogP contribution in [0.2, 0.25) is 0 Å². The highest BCUT2D eigenvalue weighted by molar-refractivity contribution is 5.98. The molecule has 1 atom stereocenters. The number of methoxy groups -OCH3 is 2. The van der Waals surface area contributed by atoms with Gasteiger partial charge in [-0.1, -0.05) is 29.8 Å². The van der Waals surface area contributed by atoms with Gasteiger partial charge in [0.25, 0.3) is 11.6 Å². The standard InChI is InChI=1S/C23H29N2O3/c1-17-8-10-18(11-9-17)23(26)16-24-14-6-4-5-7-22(24)25(23)20-13-12-19(27-2)15-21(20)28-3/h8-13,15,26H,4-7,14,16H2,1-3H3/q+1. The summed E-state index contributed by atoms with van der Waals surface area (Å²) in [6.45, 7) is 3.59. The third-order valence-electron chi connectivity index (χ3n) is 5.87. The van der Waals surface area contributed by atoms with Crippen LogP contribution in [0.5, 0.6) is 11.5 Å². The van der Waals surface area contributed by atoms with Gasteiger partial charge in [-0.3, -0.25) is 4.58 Å². The number of amidine groups is 1. The number of benzene rings is 2. The van der Waals surface area contributed by atoms with E-state index in [4.69, 9.17) is 9.47 Å². The fourth-order valence-corrected chi connectivity index (χ4v) is 4.37. The van der Waals surface area contributed by atoms with Crippen molar-refractivity contribution in [3.05, 3.63) is 53.6 Å². The lowest BCUT2D eigenvalue weighted by molar-refractivity contribution is -0.534. The van der Waals surface area contributed by atoms with Crippen LogP contribution in [0.1, 0.15) is 36.8 Å². The molecule has 0 bridgehead atoms. The molecule has 1 unspecified atom stereocenters. The molecule has 28 heavy (non-hydrogen) atoms. The third-order valence-corrected chi connectivity index (χ3v) is 5.87. The van der Waals surface area contributed by atoms with Crippen molar-refractivity contribution in [1.82, 2.24) is 0 Å². The lowest BCUT2D eigenvalue weighted by atomic mass is 9.98. The molecule has 0 spiro atoms. The van der Waals surface area contributed by atoms with Crippen LogP contribution in [0.25, 0.3) is 0 Å². The summed E-state index contributed by atoms with van der Waals surface area (Å²) >= 11 is 0. The second-order valence-corrected chi connectivity index (χ2v) is 7.70. The van der Waals surface area contributed by atoms with Crippen LogP contribution >= 0.6 is 0 Å². The van der Waals surface area contributed by atoms with Gasteiger partial charge in [0.15, 0.2) is 18.0 Å². The summed E-state index contributed by atoms with van der Waals surface area (Å²) in [7, 11) is 3.31. The Labute approximate surface area is 166 Å². The first-order valence-corrected chi connectivity index (χ1v) is 9.99. The van der Waals surface area contributed by atoms with Crippen molar-refractivity contribution in [3.63, 3.8) is 0 Å². The van der Waals surface area contributed by atoms with E-state index in [2.05, 4.69) is 28.5 Å². The molecule has 0 amide bonds. The Morgan fingerprint density at radius 1 is 1.00 bits per heavy atom. The maximum Gasteiger partial charge on any atom is 0.275 e. The lowest BCUT2D eigenvalue weighted by Crippen LogP contribution is -2.47. The third kappa shape index (κ3) is 3.14. The summed E-state index contributed by atoms with van der Waals surface area (Å²) in [5.41, 5.74) is 1.81. The highest BCUT2D eigenvalue weighted by atomic mass is 16.5. The number of aliphatic hydroxyl groups is 1. The van der Waals surface area contributed by atoms with Crippen LogP contribution in [0.3, 0.4) is 0 Å². The van der Waals surface area contributed by atoms with Crippen LogP contribution in [0, 0.1) is 6.92 Å². The minimum absolute atomic E-state index is 0.556. The van der Waals surface area contributed by atoms with Crippen molar-refractivity contribution in [3.8, 4) is 11.5 Å². The summed E-state index contributed by atoms with van der Waals surface area (Å²) < 4.78 is 13.4. The molecule has 0 fully saturated rings. The first kappa shape index (κ1) is 18.8. The van der Waals surface area contributed by atoms with E-state index in [1.165, 1.54) is 17.8 Å². The second-order valence-electron chi connectivity index (χ2n) is 7.70. The van der Waals surface area contributed by atoms with E-state index in [1.807, 2.05) is 30.3 Å². The van der Waals surface area contributed by atoms with Crippen molar-refractivity contribution in [2.24, 2.45) is 0 Å². The molecule has 2 aliphatic heterocycles. The van der Waals surface area contributed by atoms with E-state index in [-0.39, 0.29) is 0 Å². The first-order chi connectivity index (χ1) is 13.6. The molecule has 0 aromatic heterocycles. The molecule has 148 valence electrons. The number of nitrogens with zero attached hydrogens (tertiary/aromatic N) is 2. The first-order valence-electron chi connectivity index (χ1n) is 9.99. The molecule has 2 aromatic carbocycles. The van der Waals surface area contributed by atoms with Gasteiger partial charge in [0.1, 0.15) is 5.75 Å². The Balaban J connectivity index is 1.87. The maximum absolute atomic E-state index is 12.0. The maximum atomic E-state index is 12.0. The van der Waals surface area contributed by atoms with Gasteiger partial charge >= 0.3 is 0 Å². The zero-order valence-corrected chi connectivity index (χ0v) is 16.9. The van der Waals surface area contributed by atoms with Gasteiger partial charge in [-0.05, 0) is 38.3 Å². The Hall–Kier alpha value is -2.53. The highest BCUT2D eigenvalue weighted by Gasteiger charge is 2.54. The van der Waals surface area contributed by atoms with Crippen LogP contribution in [0.15, 0.2) is 42.5 Å². The van der Waals surface area contributed by atoms with Gasteiger partial charge in [0.05, 0.1) is 20.8 Å². The van der Waals surface area contributed by atoms with Gasteiger partial charge in [-0.15, -0.1) is 0 Å². The molecule has 4 rings (SSSR count). The number of aryl methyl sites for hydroxylation is 1.